The lowest BCUT2D eigenvalue weighted by molar-refractivity contribution is 0.111. The fourth-order valence-electron chi connectivity index (χ4n) is 4.39. The van der Waals surface area contributed by atoms with Crippen molar-refractivity contribution in [2.24, 2.45) is 0 Å². The van der Waals surface area contributed by atoms with E-state index in [-0.39, 0.29) is 0 Å². The summed E-state index contributed by atoms with van der Waals surface area (Å²) < 4.78 is 5.55. The van der Waals surface area contributed by atoms with Crippen LogP contribution in [0.15, 0.2) is 30.3 Å². The molecule has 0 saturated carbocycles. The van der Waals surface area contributed by atoms with Crippen LogP contribution >= 0.6 is 0 Å². The number of ether oxygens (including phenoxy) is 1. The van der Waals surface area contributed by atoms with E-state index in [1.807, 2.05) is 0 Å². The van der Waals surface area contributed by atoms with Gasteiger partial charge in [-0.2, -0.15) is 0 Å². The molecule has 1 aromatic carbocycles. The number of likely N-dealkylation sites (tertiary alicyclic amines) is 1. The number of piperidine rings is 1. The molecule has 2 heterocycles. The first-order valence-electron chi connectivity index (χ1n) is 9.44. The zero-order chi connectivity index (χ0) is 16.9. The molecule has 4 nitrogen and oxygen atoms in total. The van der Waals surface area contributed by atoms with Crippen LogP contribution in [0.5, 0.6) is 0 Å². The summed E-state index contributed by atoms with van der Waals surface area (Å²) in [7, 11) is 4.36. The number of benzene rings is 1. The fourth-order valence-corrected chi connectivity index (χ4v) is 4.39. The Kier molecular flexibility index (Phi) is 6.28. The van der Waals surface area contributed by atoms with Gasteiger partial charge in [0.15, 0.2) is 0 Å². The van der Waals surface area contributed by atoms with Crippen LogP contribution in [-0.2, 0) is 4.74 Å². The molecule has 0 spiro atoms. The molecule has 24 heavy (non-hydrogen) atoms. The molecular formula is C20H33N3O. The summed E-state index contributed by atoms with van der Waals surface area (Å²) in [6.45, 7) is 6.62. The van der Waals surface area contributed by atoms with E-state index in [2.05, 4.69) is 66.5 Å². The molecule has 0 radical (unpaired) electrons. The number of likely N-dealkylation sites (N-methyl/N-ethyl adjacent to an activating group) is 1. The molecule has 1 N–H and O–H groups in total. The summed E-state index contributed by atoms with van der Waals surface area (Å²) in [5.74, 6) is 0. The number of nitrogens with zero attached hydrogens (tertiary/aromatic N) is 2. The van der Waals surface area contributed by atoms with Crippen LogP contribution in [0.3, 0.4) is 0 Å². The van der Waals surface area contributed by atoms with Gasteiger partial charge in [-0.25, -0.2) is 0 Å². The Morgan fingerprint density at radius 1 is 1.12 bits per heavy atom. The average Bonchev–Trinajstić information content (AvgIpc) is 3.11. The fraction of sp³-hybridized carbons (Fsp3) is 0.700. The first kappa shape index (κ1) is 17.9. The van der Waals surface area contributed by atoms with Crippen molar-refractivity contribution in [3.63, 3.8) is 0 Å². The van der Waals surface area contributed by atoms with Gasteiger partial charge in [-0.05, 0) is 45.8 Å². The van der Waals surface area contributed by atoms with Gasteiger partial charge in [-0.3, -0.25) is 4.90 Å². The van der Waals surface area contributed by atoms with Crippen LogP contribution in [0, 0.1) is 0 Å². The van der Waals surface area contributed by atoms with Gasteiger partial charge >= 0.3 is 0 Å². The zero-order valence-corrected chi connectivity index (χ0v) is 15.4. The van der Waals surface area contributed by atoms with Crippen molar-refractivity contribution in [1.82, 2.24) is 15.1 Å². The lowest BCUT2D eigenvalue weighted by Gasteiger charge is -2.39. The second-order valence-electron chi connectivity index (χ2n) is 7.60. The number of hydrogen-bond acceptors (Lipinski definition) is 4. The highest BCUT2D eigenvalue weighted by molar-refractivity contribution is 5.20. The SMILES string of the molecule is CC(NC1CCN(C2CCOC2)CC1)C(c1ccccc1)N(C)C. The molecule has 2 aliphatic rings. The summed E-state index contributed by atoms with van der Waals surface area (Å²) in [5, 5.41) is 3.91. The van der Waals surface area contributed by atoms with E-state index < -0.39 is 0 Å². The van der Waals surface area contributed by atoms with Crippen molar-refractivity contribution >= 4 is 0 Å². The zero-order valence-electron chi connectivity index (χ0n) is 15.4. The minimum absolute atomic E-state index is 0.410. The van der Waals surface area contributed by atoms with Gasteiger partial charge in [0.2, 0.25) is 0 Å². The first-order valence-corrected chi connectivity index (χ1v) is 9.44. The Labute approximate surface area is 147 Å². The normalized spacial score (nSPS) is 25.9. The van der Waals surface area contributed by atoms with Gasteiger partial charge in [-0.15, -0.1) is 0 Å². The lowest BCUT2D eigenvalue weighted by atomic mass is 9.96. The Morgan fingerprint density at radius 3 is 2.42 bits per heavy atom. The van der Waals surface area contributed by atoms with Crippen molar-refractivity contribution in [1.29, 1.82) is 0 Å². The Hall–Kier alpha value is -0.940. The van der Waals surface area contributed by atoms with E-state index >= 15 is 0 Å². The summed E-state index contributed by atoms with van der Waals surface area (Å²) in [4.78, 5) is 4.97. The van der Waals surface area contributed by atoms with Crippen LogP contribution < -0.4 is 5.32 Å². The minimum atomic E-state index is 0.410. The molecule has 2 fully saturated rings. The van der Waals surface area contributed by atoms with E-state index in [0.29, 0.717) is 24.2 Å². The minimum Gasteiger partial charge on any atom is -0.380 e. The molecular weight excluding hydrogens is 298 g/mol. The van der Waals surface area contributed by atoms with Crippen molar-refractivity contribution in [3.8, 4) is 0 Å². The molecule has 2 saturated heterocycles. The molecule has 0 aromatic heterocycles. The van der Waals surface area contributed by atoms with Crippen LogP contribution in [0.4, 0.5) is 0 Å². The predicted octanol–water partition coefficient (Wildman–Crippen LogP) is 2.52. The molecule has 0 bridgehead atoms. The monoisotopic (exact) mass is 331 g/mol. The van der Waals surface area contributed by atoms with Crippen molar-refractivity contribution in [3.05, 3.63) is 35.9 Å². The molecule has 4 heteroatoms. The number of nitrogens with one attached hydrogen (secondary N) is 1. The van der Waals surface area contributed by atoms with Crippen LogP contribution in [-0.4, -0.2) is 68.3 Å². The quantitative estimate of drug-likeness (QED) is 0.867. The average molecular weight is 332 g/mol. The van der Waals surface area contributed by atoms with Gasteiger partial charge in [0, 0.05) is 43.9 Å². The van der Waals surface area contributed by atoms with Gasteiger partial charge < -0.3 is 15.0 Å². The standard InChI is InChI=1S/C20H33N3O/c1-16(20(22(2)3)17-7-5-4-6-8-17)21-18-9-12-23(13-10-18)19-11-14-24-15-19/h4-8,16,18-21H,9-15H2,1-3H3. The largest absolute Gasteiger partial charge is 0.380 e. The van der Waals surface area contributed by atoms with Crippen LogP contribution in [0.25, 0.3) is 0 Å². The highest BCUT2D eigenvalue weighted by Crippen LogP contribution is 2.24. The molecule has 3 unspecified atom stereocenters. The highest BCUT2D eigenvalue weighted by Gasteiger charge is 2.29. The Morgan fingerprint density at radius 2 is 1.83 bits per heavy atom. The third-order valence-corrected chi connectivity index (χ3v) is 5.62. The number of hydrogen-bond donors (Lipinski definition) is 1. The van der Waals surface area contributed by atoms with Crippen molar-refractivity contribution in [2.75, 3.05) is 40.4 Å². The molecule has 0 aliphatic carbocycles. The van der Waals surface area contributed by atoms with Crippen LogP contribution in [0.2, 0.25) is 0 Å². The first-order chi connectivity index (χ1) is 11.6. The molecule has 3 rings (SSSR count). The van der Waals surface area contributed by atoms with Crippen molar-refractivity contribution < 1.29 is 4.74 Å². The summed E-state index contributed by atoms with van der Waals surface area (Å²) in [6.07, 6.45) is 3.71. The third-order valence-electron chi connectivity index (χ3n) is 5.62. The Bertz CT molecular complexity index is 479. The molecule has 2 aliphatic heterocycles. The summed E-state index contributed by atoms with van der Waals surface area (Å²) in [6, 6.07) is 13.0. The van der Waals surface area contributed by atoms with E-state index in [4.69, 9.17) is 4.74 Å². The second-order valence-corrected chi connectivity index (χ2v) is 7.60. The second kappa shape index (κ2) is 8.43. The Balaban J connectivity index is 1.53. The molecule has 134 valence electrons. The smallest absolute Gasteiger partial charge is 0.0622 e. The van der Waals surface area contributed by atoms with Gasteiger partial charge in [0.25, 0.3) is 0 Å². The molecule has 0 amide bonds. The van der Waals surface area contributed by atoms with E-state index in [1.54, 1.807) is 0 Å². The summed E-state index contributed by atoms with van der Waals surface area (Å²) in [5.41, 5.74) is 1.39. The topological polar surface area (TPSA) is 27.7 Å². The predicted molar refractivity (Wildman–Crippen MR) is 99.3 cm³/mol. The maximum atomic E-state index is 5.55. The maximum absolute atomic E-state index is 5.55. The van der Waals surface area contributed by atoms with Gasteiger partial charge in [-0.1, -0.05) is 30.3 Å². The van der Waals surface area contributed by atoms with E-state index in [9.17, 15) is 0 Å². The molecule has 3 atom stereocenters. The lowest BCUT2D eigenvalue weighted by Crippen LogP contribution is -2.51. The van der Waals surface area contributed by atoms with Crippen LogP contribution in [0.1, 0.15) is 37.8 Å². The maximum Gasteiger partial charge on any atom is 0.0622 e. The van der Waals surface area contributed by atoms with Crippen molar-refractivity contribution in [2.45, 2.75) is 50.4 Å². The van der Waals surface area contributed by atoms with E-state index in [1.165, 1.54) is 37.9 Å². The van der Waals surface area contributed by atoms with Gasteiger partial charge in [0.1, 0.15) is 0 Å². The highest BCUT2D eigenvalue weighted by atomic mass is 16.5. The molecule has 1 aromatic rings. The third kappa shape index (κ3) is 4.37. The summed E-state index contributed by atoms with van der Waals surface area (Å²) >= 11 is 0. The van der Waals surface area contributed by atoms with E-state index in [0.717, 1.165) is 13.2 Å². The van der Waals surface area contributed by atoms with Gasteiger partial charge in [0.05, 0.1) is 6.61 Å². The number of rotatable bonds is 6.